The Hall–Kier alpha value is -2.36. The number of anilines is 1. The van der Waals surface area contributed by atoms with Crippen molar-refractivity contribution in [3.8, 4) is 17.2 Å². The fourth-order valence-corrected chi connectivity index (χ4v) is 2.49. The van der Waals surface area contributed by atoms with Gasteiger partial charge in [0.05, 0.1) is 0 Å². The Labute approximate surface area is 124 Å². The molecule has 2 N–H and O–H groups in total. The number of fused-ring (bicyclic) bond motifs is 1. The van der Waals surface area contributed by atoms with Crippen LogP contribution in [0.1, 0.15) is 16.7 Å². The van der Waals surface area contributed by atoms with Crippen LogP contribution in [0.25, 0.3) is 0 Å². The molecule has 2 aromatic rings. The van der Waals surface area contributed by atoms with Gasteiger partial charge in [0.1, 0.15) is 19.0 Å². The first-order valence-electron chi connectivity index (χ1n) is 7.07. The summed E-state index contributed by atoms with van der Waals surface area (Å²) >= 11 is 0. The molecule has 1 aliphatic heterocycles. The summed E-state index contributed by atoms with van der Waals surface area (Å²) in [5.74, 6) is 1.95. The minimum absolute atomic E-state index is 0.342. The van der Waals surface area contributed by atoms with Crippen LogP contribution in [0.4, 0.5) is 5.69 Å². The first kappa shape index (κ1) is 13.6. The van der Waals surface area contributed by atoms with E-state index in [1.807, 2.05) is 44.2 Å². The highest BCUT2D eigenvalue weighted by atomic mass is 16.6. The Morgan fingerprint density at radius 1 is 1.10 bits per heavy atom. The SMILES string of the molecule is Cc1ccc(NCc2cccc3c2OCCO3)c(C)c1O. The number of hydrogen-bond acceptors (Lipinski definition) is 4. The van der Waals surface area contributed by atoms with Crippen molar-refractivity contribution in [1.29, 1.82) is 0 Å². The molecule has 21 heavy (non-hydrogen) atoms. The predicted octanol–water partition coefficient (Wildman–Crippen LogP) is 3.39. The molecule has 0 fully saturated rings. The van der Waals surface area contributed by atoms with Crippen molar-refractivity contribution in [3.63, 3.8) is 0 Å². The number of benzene rings is 2. The minimum Gasteiger partial charge on any atom is -0.507 e. The quantitative estimate of drug-likeness (QED) is 0.907. The lowest BCUT2D eigenvalue weighted by molar-refractivity contribution is 0.170. The van der Waals surface area contributed by atoms with Crippen LogP contribution in [-0.2, 0) is 6.54 Å². The van der Waals surface area contributed by atoms with Crippen molar-refractivity contribution in [3.05, 3.63) is 47.0 Å². The van der Waals surface area contributed by atoms with Crippen LogP contribution in [0.15, 0.2) is 30.3 Å². The van der Waals surface area contributed by atoms with Crippen molar-refractivity contribution in [1.82, 2.24) is 0 Å². The molecule has 1 aliphatic rings. The van der Waals surface area contributed by atoms with Crippen molar-refractivity contribution in [2.24, 2.45) is 0 Å². The average Bonchev–Trinajstić information content (AvgIpc) is 2.52. The highest BCUT2D eigenvalue weighted by Crippen LogP contribution is 2.34. The monoisotopic (exact) mass is 285 g/mol. The van der Waals surface area contributed by atoms with E-state index in [2.05, 4.69) is 5.32 Å². The van der Waals surface area contributed by atoms with Crippen molar-refractivity contribution < 1.29 is 14.6 Å². The summed E-state index contributed by atoms with van der Waals surface area (Å²) < 4.78 is 11.3. The summed E-state index contributed by atoms with van der Waals surface area (Å²) in [5, 5.41) is 13.3. The van der Waals surface area contributed by atoms with Gasteiger partial charge in [-0.2, -0.15) is 0 Å². The number of nitrogens with one attached hydrogen (secondary N) is 1. The summed E-state index contributed by atoms with van der Waals surface area (Å²) in [7, 11) is 0. The first-order valence-corrected chi connectivity index (χ1v) is 7.07. The van der Waals surface area contributed by atoms with Crippen LogP contribution >= 0.6 is 0 Å². The Bertz CT molecular complexity index is 667. The molecule has 1 heterocycles. The third-order valence-electron chi connectivity index (χ3n) is 3.75. The molecule has 0 unspecified atom stereocenters. The summed E-state index contributed by atoms with van der Waals surface area (Å²) in [5.41, 5.74) is 3.71. The third-order valence-corrected chi connectivity index (χ3v) is 3.75. The van der Waals surface area contributed by atoms with Gasteiger partial charge in [-0.15, -0.1) is 0 Å². The molecule has 0 radical (unpaired) electrons. The summed E-state index contributed by atoms with van der Waals surface area (Å²) in [6.07, 6.45) is 0. The van der Waals surface area contributed by atoms with Gasteiger partial charge >= 0.3 is 0 Å². The van der Waals surface area contributed by atoms with Gasteiger partial charge in [-0.1, -0.05) is 18.2 Å². The van der Waals surface area contributed by atoms with E-state index in [0.29, 0.717) is 25.5 Å². The van der Waals surface area contributed by atoms with E-state index in [1.165, 1.54) is 0 Å². The molecule has 0 bridgehead atoms. The number of phenols is 1. The third kappa shape index (κ3) is 2.61. The molecule has 3 rings (SSSR count). The zero-order chi connectivity index (χ0) is 14.8. The van der Waals surface area contributed by atoms with E-state index in [9.17, 15) is 5.11 Å². The maximum Gasteiger partial charge on any atom is 0.166 e. The van der Waals surface area contributed by atoms with Gasteiger partial charge in [-0.3, -0.25) is 0 Å². The first-order chi connectivity index (χ1) is 10.2. The average molecular weight is 285 g/mol. The molecule has 0 amide bonds. The van der Waals surface area contributed by atoms with E-state index in [4.69, 9.17) is 9.47 Å². The topological polar surface area (TPSA) is 50.7 Å². The van der Waals surface area contributed by atoms with Crippen molar-refractivity contribution in [2.45, 2.75) is 20.4 Å². The van der Waals surface area contributed by atoms with Crippen LogP contribution in [0.3, 0.4) is 0 Å². The second kappa shape index (κ2) is 5.56. The van der Waals surface area contributed by atoms with E-state index < -0.39 is 0 Å². The highest BCUT2D eigenvalue weighted by molar-refractivity contribution is 5.60. The van der Waals surface area contributed by atoms with E-state index in [0.717, 1.165) is 33.9 Å². The number of ether oxygens (including phenoxy) is 2. The maximum absolute atomic E-state index is 9.99. The number of hydrogen-bond donors (Lipinski definition) is 2. The molecular formula is C17H19NO3. The lowest BCUT2D eigenvalue weighted by Gasteiger charge is -2.21. The lowest BCUT2D eigenvalue weighted by atomic mass is 10.1. The largest absolute Gasteiger partial charge is 0.507 e. The predicted molar refractivity (Wildman–Crippen MR) is 82.3 cm³/mol. The second-order valence-corrected chi connectivity index (χ2v) is 5.20. The standard InChI is InChI=1S/C17H19NO3/c1-11-6-7-14(12(2)16(11)19)18-10-13-4-3-5-15-17(13)21-9-8-20-15/h3-7,18-19H,8-10H2,1-2H3. The van der Waals surface area contributed by atoms with Gasteiger partial charge in [0.25, 0.3) is 0 Å². The number of rotatable bonds is 3. The zero-order valence-electron chi connectivity index (χ0n) is 12.3. The van der Waals surface area contributed by atoms with Gasteiger partial charge in [-0.05, 0) is 31.5 Å². The molecule has 0 aliphatic carbocycles. The minimum atomic E-state index is 0.342. The molecule has 0 saturated heterocycles. The van der Waals surface area contributed by atoms with E-state index >= 15 is 0 Å². The van der Waals surface area contributed by atoms with Crippen LogP contribution in [0, 0.1) is 13.8 Å². The normalized spacial score (nSPS) is 13.0. The smallest absolute Gasteiger partial charge is 0.166 e. The molecule has 0 spiro atoms. The van der Waals surface area contributed by atoms with Gasteiger partial charge in [0, 0.05) is 23.4 Å². The summed E-state index contributed by atoms with van der Waals surface area (Å²) in [6.45, 7) is 5.59. The molecule has 4 nitrogen and oxygen atoms in total. The Balaban J connectivity index is 1.81. The Morgan fingerprint density at radius 3 is 2.76 bits per heavy atom. The fourth-order valence-electron chi connectivity index (χ4n) is 2.49. The van der Waals surface area contributed by atoms with E-state index in [1.54, 1.807) is 0 Å². The van der Waals surface area contributed by atoms with Crippen molar-refractivity contribution >= 4 is 5.69 Å². The van der Waals surface area contributed by atoms with Crippen LogP contribution < -0.4 is 14.8 Å². The van der Waals surface area contributed by atoms with Crippen LogP contribution in [0.2, 0.25) is 0 Å². The van der Waals surface area contributed by atoms with Gasteiger partial charge in [0.15, 0.2) is 11.5 Å². The molecule has 2 aromatic carbocycles. The maximum atomic E-state index is 9.99. The molecule has 4 heteroatoms. The fraction of sp³-hybridized carbons (Fsp3) is 0.294. The zero-order valence-corrected chi connectivity index (χ0v) is 12.3. The summed E-state index contributed by atoms with van der Waals surface area (Å²) in [6, 6.07) is 9.79. The number of aromatic hydroxyl groups is 1. The van der Waals surface area contributed by atoms with Crippen LogP contribution in [-0.4, -0.2) is 18.3 Å². The molecule has 0 aromatic heterocycles. The number of para-hydroxylation sites is 1. The molecule has 0 saturated carbocycles. The Kier molecular flexibility index (Phi) is 3.60. The van der Waals surface area contributed by atoms with Gasteiger partial charge in [-0.25, -0.2) is 0 Å². The second-order valence-electron chi connectivity index (χ2n) is 5.20. The number of aryl methyl sites for hydroxylation is 1. The van der Waals surface area contributed by atoms with Crippen molar-refractivity contribution in [2.75, 3.05) is 18.5 Å². The Morgan fingerprint density at radius 2 is 1.90 bits per heavy atom. The van der Waals surface area contributed by atoms with Gasteiger partial charge < -0.3 is 19.9 Å². The molecule has 110 valence electrons. The highest BCUT2D eigenvalue weighted by Gasteiger charge is 2.15. The lowest BCUT2D eigenvalue weighted by Crippen LogP contribution is -2.17. The molecule has 0 atom stereocenters. The summed E-state index contributed by atoms with van der Waals surface area (Å²) in [4.78, 5) is 0. The number of phenolic OH excluding ortho intramolecular Hbond substituents is 1. The van der Waals surface area contributed by atoms with E-state index in [-0.39, 0.29) is 0 Å². The molecular weight excluding hydrogens is 266 g/mol. The van der Waals surface area contributed by atoms with Crippen LogP contribution in [0.5, 0.6) is 17.2 Å². The van der Waals surface area contributed by atoms with Gasteiger partial charge in [0.2, 0.25) is 0 Å².